The summed E-state index contributed by atoms with van der Waals surface area (Å²) in [4.78, 5) is 19.8. The molecule has 0 unspecified atom stereocenters. The standard InChI is InChI=1S/C16H12F3N5O/c17-16(18,19)11-3-1-2-10(6-11)8-24-5-4-13(23-24)14(25)12-7-21-9-22-15(12)20/h1-7,9H,8H2,(H2,20,21,22). The molecule has 0 aliphatic heterocycles. The Kier molecular flexibility index (Phi) is 4.22. The number of anilines is 1. The summed E-state index contributed by atoms with van der Waals surface area (Å²) in [6, 6.07) is 6.39. The fourth-order valence-electron chi connectivity index (χ4n) is 2.26. The molecule has 0 aliphatic carbocycles. The van der Waals surface area contributed by atoms with Crippen LogP contribution in [-0.2, 0) is 12.7 Å². The number of ketones is 1. The number of hydrogen-bond acceptors (Lipinski definition) is 5. The molecule has 0 atom stereocenters. The van der Waals surface area contributed by atoms with E-state index in [-0.39, 0.29) is 23.6 Å². The largest absolute Gasteiger partial charge is 0.416 e. The fourth-order valence-corrected chi connectivity index (χ4v) is 2.26. The van der Waals surface area contributed by atoms with Gasteiger partial charge in [0.15, 0.2) is 0 Å². The summed E-state index contributed by atoms with van der Waals surface area (Å²) in [6.45, 7) is 0.0952. The third-order valence-electron chi connectivity index (χ3n) is 3.46. The number of aromatic nitrogens is 4. The normalized spacial score (nSPS) is 11.5. The van der Waals surface area contributed by atoms with Crippen LogP contribution >= 0.6 is 0 Å². The Labute approximate surface area is 140 Å². The third-order valence-corrected chi connectivity index (χ3v) is 3.46. The number of carbonyl (C=O) groups is 1. The molecule has 0 fully saturated rings. The van der Waals surface area contributed by atoms with Crippen LogP contribution in [0.1, 0.15) is 27.2 Å². The molecule has 9 heteroatoms. The van der Waals surface area contributed by atoms with E-state index in [9.17, 15) is 18.0 Å². The van der Waals surface area contributed by atoms with Crippen molar-refractivity contribution in [2.24, 2.45) is 0 Å². The Bertz CT molecular complexity index is 920. The first-order valence-corrected chi connectivity index (χ1v) is 7.14. The van der Waals surface area contributed by atoms with Crippen LogP contribution < -0.4 is 5.73 Å². The van der Waals surface area contributed by atoms with Gasteiger partial charge in [0.1, 0.15) is 17.8 Å². The van der Waals surface area contributed by atoms with E-state index in [1.807, 2.05) is 0 Å². The maximum atomic E-state index is 12.8. The number of benzene rings is 1. The number of alkyl halides is 3. The van der Waals surface area contributed by atoms with Crippen molar-refractivity contribution in [2.75, 3.05) is 5.73 Å². The van der Waals surface area contributed by atoms with E-state index in [1.54, 1.807) is 6.07 Å². The zero-order valence-electron chi connectivity index (χ0n) is 12.7. The van der Waals surface area contributed by atoms with Crippen LogP contribution in [-0.4, -0.2) is 25.5 Å². The molecule has 3 aromatic rings. The predicted octanol–water partition coefficient (Wildman–Crippen LogP) is 2.55. The summed E-state index contributed by atoms with van der Waals surface area (Å²) in [5.41, 5.74) is 5.54. The average Bonchev–Trinajstić information content (AvgIpc) is 3.03. The smallest absolute Gasteiger partial charge is 0.383 e. The van der Waals surface area contributed by atoms with Crippen LogP contribution in [0.2, 0.25) is 0 Å². The zero-order valence-corrected chi connectivity index (χ0v) is 12.7. The van der Waals surface area contributed by atoms with Crippen molar-refractivity contribution in [2.45, 2.75) is 12.7 Å². The Morgan fingerprint density at radius 2 is 2.04 bits per heavy atom. The molecule has 0 spiro atoms. The van der Waals surface area contributed by atoms with Crippen molar-refractivity contribution >= 4 is 11.6 Å². The monoisotopic (exact) mass is 347 g/mol. The summed E-state index contributed by atoms with van der Waals surface area (Å²) < 4.78 is 39.6. The van der Waals surface area contributed by atoms with Gasteiger partial charge >= 0.3 is 6.18 Å². The van der Waals surface area contributed by atoms with Crippen molar-refractivity contribution < 1.29 is 18.0 Å². The third kappa shape index (κ3) is 3.65. The molecule has 25 heavy (non-hydrogen) atoms. The van der Waals surface area contributed by atoms with Gasteiger partial charge in [-0.2, -0.15) is 18.3 Å². The first kappa shape index (κ1) is 16.6. The minimum atomic E-state index is -4.41. The molecule has 2 N–H and O–H groups in total. The van der Waals surface area contributed by atoms with Gasteiger partial charge in [-0.05, 0) is 23.8 Å². The summed E-state index contributed by atoms with van der Waals surface area (Å²) in [5.74, 6) is -0.423. The number of nitrogen functional groups attached to an aromatic ring is 1. The van der Waals surface area contributed by atoms with E-state index < -0.39 is 17.5 Å². The minimum Gasteiger partial charge on any atom is -0.383 e. The SMILES string of the molecule is Nc1ncncc1C(=O)c1ccn(Cc2cccc(C(F)(F)F)c2)n1. The highest BCUT2D eigenvalue weighted by atomic mass is 19.4. The van der Waals surface area contributed by atoms with Gasteiger partial charge in [0.05, 0.1) is 17.7 Å². The molecule has 1 aromatic carbocycles. The molecule has 2 heterocycles. The van der Waals surface area contributed by atoms with Crippen molar-refractivity contribution in [3.63, 3.8) is 0 Å². The van der Waals surface area contributed by atoms with E-state index >= 15 is 0 Å². The topological polar surface area (TPSA) is 86.7 Å². The fraction of sp³-hybridized carbons (Fsp3) is 0.125. The number of rotatable bonds is 4. The first-order valence-electron chi connectivity index (χ1n) is 7.14. The van der Waals surface area contributed by atoms with E-state index in [0.29, 0.717) is 5.56 Å². The Morgan fingerprint density at radius 1 is 1.24 bits per heavy atom. The zero-order chi connectivity index (χ0) is 18.0. The number of halogens is 3. The molecular weight excluding hydrogens is 335 g/mol. The van der Waals surface area contributed by atoms with E-state index in [2.05, 4.69) is 15.1 Å². The minimum absolute atomic E-state index is 0.0347. The lowest BCUT2D eigenvalue weighted by atomic mass is 10.1. The highest BCUT2D eigenvalue weighted by molar-refractivity contribution is 6.10. The van der Waals surface area contributed by atoms with Gasteiger partial charge in [-0.25, -0.2) is 9.97 Å². The highest BCUT2D eigenvalue weighted by Gasteiger charge is 2.30. The van der Waals surface area contributed by atoms with Crippen LogP contribution in [0, 0.1) is 0 Å². The lowest BCUT2D eigenvalue weighted by Gasteiger charge is -2.08. The average molecular weight is 347 g/mol. The number of nitrogens with two attached hydrogens (primary N) is 1. The molecule has 3 rings (SSSR count). The van der Waals surface area contributed by atoms with Crippen LogP contribution in [0.5, 0.6) is 0 Å². The van der Waals surface area contributed by atoms with Crippen LogP contribution in [0.3, 0.4) is 0 Å². The summed E-state index contributed by atoms with van der Waals surface area (Å²) in [6.07, 6.45) is -0.394. The second-order valence-electron chi connectivity index (χ2n) is 5.25. The molecule has 128 valence electrons. The number of nitrogens with zero attached hydrogens (tertiary/aromatic N) is 4. The van der Waals surface area contributed by atoms with Crippen LogP contribution in [0.25, 0.3) is 0 Å². The maximum absolute atomic E-state index is 12.8. The van der Waals surface area contributed by atoms with Crippen molar-refractivity contribution in [1.82, 2.24) is 19.7 Å². The van der Waals surface area contributed by atoms with E-state index in [0.717, 1.165) is 12.1 Å². The van der Waals surface area contributed by atoms with Gasteiger partial charge in [0.2, 0.25) is 5.78 Å². The van der Waals surface area contributed by atoms with Gasteiger partial charge in [0.25, 0.3) is 0 Å². The molecule has 6 nitrogen and oxygen atoms in total. The second-order valence-corrected chi connectivity index (χ2v) is 5.25. The Balaban J connectivity index is 1.81. The van der Waals surface area contributed by atoms with Gasteiger partial charge < -0.3 is 5.73 Å². The summed E-state index contributed by atoms with van der Waals surface area (Å²) in [7, 11) is 0. The van der Waals surface area contributed by atoms with E-state index in [1.165, 1.54) is 35.5 Å². The summed E-state index contributed by atoms with van der Waals surface area (Å²) in [5, 5.41) is 4.09. The quantitative estimate of drug-likeness (QED) is 0.733. The molecule has 0 saturated carbocycles. The van der Waals surface area contributed by atoms with Crippen molar-refractivity contribution in [3.05, 3.63) is 71.4 Å². The van der Waals surface area contributed by atoms with Gasteiger partial charge in [0, 0.05) is 12.4 Å². The van der Waals surface area contributed by atoms with E-state index in [4.69, 9.17) is 5.73 Å². The number of hydrogen-bond donors (Lipinski definition) is 1. The molecule has 0 amide bonds. The van der Waals surface area contributed by atoms with Crippen LogP contribution in [0.4, 0.5) is 19.0 Å². The van der Waals surface area contributed by atoms with Gasteiger partial charge in [-0.1, -0.05) is 12.1 Å². The maximum Gasteiger partial charge on any atom is 0.416 e. The Morgan fingerprint density at radius 3 is 2.76 bits per heavy atom. The van der Waals surface area contributed by atoms with Gasteiger partial charge in [-0.15, -0.1) is 0 Å². The highest BCUT2D eigenvalue weighted by Crippen LogP contribution is 2.29. The summed E-state index contributed by atoms with van der Waals surface area (Å²) >= 11 is 0. The van der Waals surface area contributed by atoms with Crippen molar-refractivity contribution in [3.8, 4) is 0 Å². The lowest BCUT2D eigenvalue weighted by Crippen LogP contribution is -2.10. The predicted molar refractivity (Wildman–Crippen MR) is 82.6 cm³/mol. The Hall–Kier alpha value is -3.23. The number of carbonyl (C=O) groups excluding carboxylic acids is 1. The van der Waals surface area contributed by atoms with Crippen LogP contribution in [0.15, 0.2) is 49.1 Å². The van der Waals surface area contributed by atoms with Gasteiger partial charge in [-0.3, -0.25) is 9.48 Å². The molecule has 0 saturated heterocycles. The lowest BCUT2D eigenvalue weighted by molar-refractivity contribution is -0.137. The molecular formula is C16H12F3N5O. The second kappa shape index (κ2) is 6.34. The van der Waals surface area contributed by atoms with Crippen molar-refractivity contribution in [1.29, 1.82) is 0 Å². The molecule has 0 radical (unpaired) electrons. The molecule has 2 aromatic heterocycles. The molecule has 0 bridgehead atoms. The first-order chi connectivity index (χ1) is 11.8. The molecule has 0 aliphatic rings.